The predicted molar refractivity (Wildman–Crippen MR) is 170 cm³/mol. The van der Waals surface area contributed by atoms with Crippen molar-refractivity contribution in [3.63, 3.8) is 0 Å². The maximum Gasteiger partial charge on any atom is 0.0992 e. The summed E-state index contributed by atoms with van der Waals surface area (Å²) >= 11 is 0. The highest BCUT2D eigenvalue weighted by Crippen LogP contribution is 2.44. The van der Waals surface area contributed by atoms with E-state index < -0.39 is 0 Å². The zero-order valence-electron chi connectivity index (χ0n) is 22.6. The summed E-state index contributed by atoms with van der Waals surface area (Å²) in [6.45, 7) is 0. The number of nitrogens with zero attached hydrogens (tertiary/aromatic N) is 4. The number of fused-ring (bicyclic) bond motifs is 3. The molecule has 196 valence electrons. The van der Waals surface area contributed by atoms with Gasteiger partial charge in [0.25, 0.3) is 0 Å². The van der Waals surface area contributed by atoms with Gasteiger partial charge in [-0.25, -0.2) is 0 Å². The summed E-state index contributed by atoms with van der Waals surface area (Å²) in [4.78, 5) is 2.30. The fourth-order valence-corrected chi connectivity index (χ4v) is 5.78. The zero-order valence-corrected chi connectivity index (χ0v) is 22.6. The van der Waals surface area contributed by atoms with Crippen LogP contribution in [-0.4, -0.2) is 4.57 Å². The molecule has 6 aromatic carbocycles. The third-order valence-corrected chi connectivity index (χ3v) is 7.58. The van der Waals surface area contributed by atoms with Crippen LogP contribution in [0.3, 0.4) is 0 Å². The molecule has 0 aliphatic rings. The molecule has 0 N–H and O–H groups in total. The first-order valence-corrected chi connectivity index (χ1v) is 13.7. The number of benzene rings is 6. The summed E-state index contributed by atoms with van der Waals surface area (Å²) in [5.74, 6) is 0. The molecule has 7 rings (SSSR count). The minimum Gasteiger partial charge on any atom is -0.310 e. The fraction of sp³-hybridized carbons (Fsp3) is 0. The van der Waals surface area contributed by atoms with E-state index in [1.165, 1.54) is 0 Å². The number of para-hydroxylation sites is 3. The van der Waals surface area contributed by atoms with Gasteiger partial charge in [0, 0.05) is 27.8 Å². The Labute approximate surface area is 244 Å². The Balaban J connectivity index is 1.58. The fourth-order valence-electron chi connectivity index (χ4n) is 5.78. The second-order valence-electron chi connectivity index (χ2n) is 10.1. The summed E-state index contributed by atoms with van der Waals surface area (Å²) < 4.78 is 2.30. The van der Waals surface area contributed by atoms with Gasteiger partial charge in [-0.2, -0.15) is 10.5 Å². The topological polar surface area (TPSA) is 55.8 Å². The second kappa shape index (κ2) is 10.5. The Morgan fingerprint density at radius 2 is 1.10 bits per heavy atom. The lowest BCUT2D eigenvalue weighted by Gasteiger charge is -2.26. The normalized spacial score (nSPS) is 10.8. The molecular weight excluding hydrogens is 512 g/mol. The van der Waals surface area contributed by atoms with Gasteiger partial charge in [0.05, 0.1) is 40.0 Å². The maximum atomic E-state index is 9.62. The van der Waals surface area contributed by atoms with Gasteiger partial charge in [0.1, 0.15) is 0 Å². The molecule has 7 aromatic rings. The predicted octanol–water partition coefficient (Wildman–Crippen LogP) is 9.66. The first kappa shape index (κ1) is 24.9. The molecular formula is C38H24N4. The Morgan fingerprint density at radius 1 is 0.500 bits per heavy atom. The van der Waals surface area contributed by atoms with E-state index in [0.29, 0.717) is 11.1 Å². The molecule has 0 spiro atoms. The van der Waals surface area contributed by atoms with Gasteiger partial charge in [0.15, 0.2) is 0 Å². The molecule has 0 atom stereocenters. The summed E-state index contributed by atoms with van der Waals surface area (Å²) in [5.41, 5.74) is 9.15. The smallest absolute Gasteiger partial charge is 0.0992 e. The van der Waals surface area contributed by atoms with Crippen molar-refractivity contribution < 1.29 is 0 Å². The van der Waals surface area contributed by atoms with E-state index in [4.69, 9.17) is 0 Å². The number of nitriles is 2. The lowest BCUT2D eigenvalue weighted by Crippen LogP contribution is -2.10. The molecule has 0 saturated heterocycles. The Hall–Kier alpha value is -6.10. The van der Waals surface area contributed by atoms with Crippen molar-refractivity contribution in [2.24, 2.45) is 0 Å². The maximum absolute atomic E-state index is 9.62. The summed E-state index contributed by atoms with van der Waals surface area (Å²) in [7, 11) is 0. The Kier molecular flexibility index (Phi) is 6.21. The van der Waals surface area contributed by atoms with Crippen LogP contribution in [0.15, 0.2) is 146 Å². The molecule has 4 heteroatoms. The van der Waals surface area contributed by atoms with Crippen LogP contribution in [0, 0.1) is 22.7 Å². The first-order valence-electron chi connectivity index (χ1n) is 13.7. The Morgan fingerprint density at radius 3 is 1.69 bits per heavy atom. The van der Waals surface area contributed by atoms with E-state index in [2.05, 4.69) is 131 Å². The second-order valence-corrected chi connectivity index (χ2v) is 10.1. The Bertz CT molecular complexity index is 2080. The molecule has 0 fully saturated rings. The molecule has 0 aliphatic heterocycles. The van der Waals surface area contributed by atoms with Gasteiger partial charge in [0.2, 0.25) is 0 Å². The molecule has 0 unspecified atom stereocenters. The van der Waals surface area contributed by atoms with Crippen LogP contribution < -0.4 is 4.90 Å². The monoisotopic (exact) mass is 536 g/mol. The van der Waals surface area contributed by atoms with Gasteiger partial charge in [-0.05, 0) is 90.0 Å². The summed E-state index contributed by atoms with van der Waals surface area (Å²) in [6.07, 6.45) is 0. The standard InChI is InChI=1S/C38H24N4/c39-25-27-21-28(26-40)23-30(22-27)29-19-20-35-34(24-29)38-36(17-10-18-37(38)42(35)33-15-8-3-9-16-33)41(31-11-4-1-5-12-31)32-13-6-2-7-14-32/h1-24H. The van der Waals surface area contributed by atoms with Crippen LogP contribution in [0.2, 0.25) is 0 Å². The van der Waals surface area contributed by atoms with Crippen LogP contribution in [0.25, 0.3) is 38.6 Å². The molecule has 1 heterocycles. The minimum absolute atomic E-state index is 0.468. The van der Waals surface area contributed by atoms with Crippen LogP contribution in [-0.2, 0) is 0 Å². The van der Waals surface area contributed by atoms with Crippen molar-refractivity contribution in [3.05, 3.63) is 157 Å². The van der Waals surface area contributed by atoms with E-state index in [1.54, 1.807) is 6.07 Å². The zero-order chi connectivity index (χ0) is 28.5. The lowest BCUT2D eigenvalue weighted by atomic mass is 9.98. The number of hydrogen-bond acceptors (Lipinski definition) is 3. The SMILES string of the molecule is N#Cc1cc(C#N)cc(-c2ccc3c(c2)c2c(N(c4ccccc4)c4ccccc4)cccc2n3-c2ccccc2)c1. The highest BCUT2D eigenvalue weighted by Gasteiger charge is 2.21. The molecule has 1 aromatic heterocycles. The molecule has 4 nitrogen and oxygen atoms in total. The highest BCUT2D eigenvalue weighted by atomic mass is 15.1. The summed E-state index contributed by atoms with van der Waals surface area (Å²) in [6, 6.07) is 53.8. The van der Waals surface area contributed by atoms with Crippen molar-refractivity contribution in [2.75, 3.05) is 4.90 Å². The molecule has 0 radical (unpaired) electrons. The number of anilines is 3. The van der Waals surface area contributed by atoms with E-state index in [0.717, 1.165) is 55.7 Å². The largest absolute Gasteiger partial charge is 0.310 e. The van der Waals surface area contributed by atoms with Crippen molar-refractivity contribution in [2.45, 2.75) is 0 Å². The van der Waals surface area contributed by atoms with Crippen LogP contribution in [0.1, 0.15) is 11.1 Å². The van der Waals surface area contributed by atoms with Gasteiger partial charge >= 0.3 is 0 Å². The first-order chi connectivity index (χ1) is 20.7. The van der Waals surface area contributed by atoms with Crippen molar-refractivity contribution in [1.29, 1.82) is 10.5 Å². The molecule has 0 aliphatic carbocycles. The highest BCUT2D eigenvalue weighted by molar-refractivity contribution is 6.17. The molecule has 0 bridgehead atoms. The van der Waals surface area contributed by atoms with Gasteiger partial charge < -0.3 is 9.47 Å². The van der Waals surface area contributed by atoms with Gasteiger partial charge in [-0.3, -0.25) is 0 Å². The van der Waals surface area contributed by atoms with E-state index in [9.17, 15) is 10.5 Å². The average molecular weight is 537 g/mol. The van der Waals surface area contributed by atoms with Crippen molar-refractivity contribution in [3.8, 4) is 29.0 Å². The number of hydrogen-bond donors (Lipinski definition) is 0. The minimum atomic E-state index is 0.468. The van der Waals surface area contributed by atoms with Crippen LogP contribution in [0.4, 0.5) is 17.1 Å². The van der Waals surface area contributed by atoms with Crippen molar-refractivity contribution >= 4 is 38.9 Å². The third kappa shape index (κ3) is 4.25. The molecule has 0 amide bonds. The molecule has 0 saturated carbocycles. The van der Waals surface area contributed by atoms with Gasteiger partial charge in [-0.1, -0.05) is 66.7 Å². The van der Waals surface area contributed by atoms with Gasteiger partial charge in [-0.15, -0.1) is 0 Å². The summed E-state index contributed by atoms with van der Waals surface area (Å²) in [5, 5.41) is 21.4. The quantitative estimate of drug-likeness (QED) is 0.220. The average Bonchev–Trinajstić information content (AvgIpc) is 3.40. The van der Waals surface area contributed by atoms with E-state index >= 15 is 0 Å². The van der Waals surface area contributed by atoms with E-state index in [1.807, 2.05) is 30.3 Å². The van der Waals surface area contributed by atoms with Crippen molar-refractivity contribution in [1.82, 2.24) is 4.57 Å². The van der Waals surface area contributed by atoms with E-state index in [-0.39, 0.29) is 0 Å². The number of aromatic nitrogens is 1. The van der Waals surface area contributed by atoms with Crippen LogP contribution >= 0.6 is 0 Å². The third-order valence-electron chi connectivity index (χ3n) is 7.58. The number of rotatable bonds is 5. The van der Waals surface area contributed by atoms with Crippen LogP contribution in [0.5, 0.6) is 0 Å². The molecule has 42 heavy (non-hydrogen) atoms. The lowest BCUT2D eigenvalue weighted by molar-refractivity contribution is 1.18.